The quantitative estimate of drug-likeness (QED) is 0.885. The summed E-state index contributed by atoms with van der Waals surface area (Å²) in [5, 5.41) is 12.1. The Kier molecular flexibility index (Phi) is 3.94. The van der Waals surface area contributed by atoms with Crippen LogP contribution in [0.5, 0.6) is 0 Å². The first-order chi connectivity index (χ1) is 10.6. The van der Waals surface area contributed by atoms with Gasteiger partial charge >= 0.3 is 0 Å². The molecule has 2 aliphatic rings. The first-order valence-corrected chi connectivity index (χ1v) is 7.59. The van der Waals surface area contributed by atoms with Crippen molar-refractivity contribution >= 4 is 23.3 Å². The van der Waals surface area contributed by atoms with E-state index in [1.807, 2.05) is 11.0 Å². The van der Waals surface area contributed by atoms with E-state index in [1.165, 1.54) is 6.20 Å². The molecule has 0 bridgehead atoms. The number of fused-ring (bicyclic) bond motifs is 1. The van der Waals surface area contributed by atoms with Crippen LogP contribution in [-0.4, -0.2) is 44.2 Å². The van der Waals surface area contributed by atoms with Crippen molar-refractivity contribution in [3.05, 3.63) is 22.8 Å². The fourth-order valence-electron chi connectivity index (χ4n) is 3.46. The first-order valence-electron chi connectivity index (χ1n) is 7.21. The number of halogens is 1. The van der Waals surface area contributed by atoms with Gasteiger partial charge in [-0.3, -0.25) is 4.79 Å². The van der Waals surface area contributed by atoms with Crippen molar-refractivity contribution in [1.82, 2.24) is 10.3 Å². The zero-order chi connectivity index (χ0) is 15.7. The van der Waals surface area contributed by atoms with E-state index in [1.54, 1.807) is 13.1 Å². The molecule has 116 valence electrons. The van der Waals surface area contributed by atoms with Gasteiger partial charge in [-0.2, -0.15) is 5.26 Å². The number of nitrogens with zero attached hydrogens (tertiary/aromatic N) is 3. The van der Waals surface area contributed by atoms with E-state index in [0.29, 0.717) is 49.1 Å². The van der Waals surface area contributed by atoms with Crippen molar-refractivity contribution in [3.63, 3.8) is 0 Å². The van der Waals surface area contributed by atoms with Crippen molar-refractivity contribution in [2.45, 2.75) is 6.42 Å². The lowest BCUT2D eigenvalue weighted by molar-refractivity contribution is -0.138. The summed E-state index contributed by atoms with van der Waals surface area (Å²) in [5.74, 6) is 0.793. The molecule has 0 spiro atoms. The van der Waals surface area contributed by atoms with E-state index in [0.717, 1.165) is 0 Å². The van der Waals surface area contributed by atoms with E-state index in [-0.39, 0.29) is 11.8 Å². The van der Waals surface area contributed by atoms with Crippen molar-refractivity contribution in [1.29, 1.82) is 5.26 Å². The lowest BCUT2D eigenvalue weighted by atomic mass is 9.73. The summed E-state index contributed by atoms with van der Waals surface area (Å²) in [5.41, 5.74) is -0.0268. The molecule has 1 N–H and O–H groups in total. The summed E-state index contributed by atoms with van der Waals surface area (Å²) in [7, 11) is 1.67. The predicted octanol–water partition coefficient (Wildman–Crippen LogP) is 1.20. The number of aromatic nitrogens is 1. The molecule has 1 amide bonds. The van der Waals surface area contributed by atoms with Crippen LogP contribution in [0.3, 0.4) is 0 Å². The molecule has 6 nitrogen and oxygen atoms in total. The van der Waals surface area contributed by atoms with Crippen molar-refractivity contribution < 1.29 is 9.53 Å². The Morgan fingerprint density at radius 1 is 1.68 bits per heavy atom. The van der Waals surface area contributed by atoms with Crippen molar-refractivity contribution in [2.24, 2.45) is 11.3 Å². The van der Waals surface area contributed by atoms with E-state index in [2.05, 4.69) is 10.3 Å². The number of carbonyl (C=O) groups is 1. The Morgan fingerprint density at radius 2 is 2.50 bits per heavy atom. The van der Waals surface area contributed by atoms with E-state index in [4.69, 9.17) is 21.6 Å². The maximum atomic E-state index is 12.4. The SMILES string of the molecule is CNC(=O)C12CCOCC1CN(c1ncc(C#N)cc1Cl)C2. The number of nitrogens with one attached hydrogen (secondary N) is 1. The smallest absolute Gasteiger partial charge is 0.228 e. The fraction of sp³-hybridized carbons (Fsp3) is 0.533. The molecule has 3 rings (SSSR count). The van der Waals surface area contributed by atoms with Gasteiger partial charge in [0.25, 0.3) is 0 Å². The predicted molar refractivity (Wildman–Crippen MR) is 81.6 cm³/mol. The van der Waals surface area contributed by atoms with Gasteiger partial charge in [0.15, 0.2) is 0 Å². The summed E-state index contributed by atoms with van der Waals surface area (Å²) in [6, 6.07) is 3.63. The van der Waals surface area contributed by atoms with Crippen LogP contribution >= 0.6 is 11.6 Å². The minimum absolute atomic E-state index is 0.0491. The minimum Gasteiger partial charge on any atom is -0.381 e. The zero-order valence-electron chi connectivity index (χ0n) is 12.3. The number of ether oxygens (including phenoxy) is 1. The number of nitriles is 1. The van der Waals surface area contributed by atoms with Gasteiger partial charge in [0.2, 0.25) is 5.91 Å². The number of anilines is 1. The molecule has 2 saturated heterocycles. The number of hydrogen-bond donors (Lipinski definition) is 1. The monoisotopic (exact) mass is 320 g/mol. The maximum absolute atomic E-state index is 12.4. The van der Waals surface area contributed by atoms with Crippen LogP contribution in [0.2, 0.25) is 5.02 Å². The first kappa shape index (κ1) is 15.1. The molecule has 0 aliphatic carbocycles. The Morgan fingerprint density at radius 3 is 3.18 bits per heavy atom. The third kappa shape index (κ3) is 2.31. The number of amides is 1. The van der Waals surface area contributed by atoms with Crippen LogP contribution in [0, 0.1) is 22.7 Å². The summed E-state index contributed by atoms with van der Waals surface area (Å²) < 4.78 is 5.55. The summed E-state index contributed by atoms with van der Waals surface area (Å²) >= 11 is 6.26. The molecule has 2 unspecified atom stereocenters. The molecular weight excluding hydrogens is 304 g/mol. The number of carbonyl (C=O) groups excluding carboxylic acids is 1. The molecule has 22 heavy (non-hydrogen) atoms. The fourth-order valence-corrected chi connectivity index (χ4v) is 3.74. The molecule has 0 aromatic carbocycles. The number of rotatable bonds is 2. The highest BCUT2D eigenvalue weighted by Crippen LogP contribution is 2.44. The van der Waals surface area contributed by atoms with Gasteiger partial charge in [0.05, 0.1) is 22.6 Å². The van der Waals surface area contributed by atoms with Crippen molar-refractivity contribution in [2.75, 3.05) is 38.3 Å². The third-order valence-electron chi connectivity index (χ3n) is 4.64. The number of pyridine rings is 1. The maximum Gasteiger partial charge on any atom is 0.228 e. The molecule has 2 atom stereocenters. The highest BCUT2D eigenvalue weighted by Gasteiger charge is 2.53. The molecule has 0 radical (unpaired) electrons. The average molecular weight is 321 g/mol. The van der Waals surface area contributed by atoms with Gasteiger partial charge in [-0.05, 0) is 12.5 Å². The third-order valence-corrected chi connectivity index (χ3v) is 4.91. The number of hydrogen-bond acceptors (Lipinski definition) is 5. The van der Waals surface area contributed by atoms with Crippen LogP contribution < -0.4 is 10.2 Å². The summed E-state index contributed by atoms with van der Waals surface area (Å²) in [6.45, 7) is 2.40. The standard InChI is InChI=1S/C15H17ClN4O2/c1-18-14(21)15-2-3-22-8-11(15)7-20(9-15)13-12(16)4-10(5-17)6-19-13/h4,6,11H,2-3,7-9H2,1H3,(H,18,21). The molecule has 2 aliphatic heterocycles. The second kappa shape index (κ2) is 5.75. The highest BCUT2D eigenvalue weighted by atomic mass is 35.5. The van der Waals surface area contributed by atoms with Gasteiger partial charge in [-0.1, -0.05) is 11.6 Å². The molecular formula is C15H17ClN4O2. The van der Waals surface area contributed by atoms with E-state index in [9.17, 15) is 4.79 Å². The highest BCUT2D eigenvalue weighted by molar-refractivity contribution is 6.33. The van der Waals surface area contributed by atoms with Crippen LogP contribution in [0.4, 0.5) is 5.82 Å². The largest absolute Gasteiger partial charge is 0.381 e. The summed E-state index contributed by atoms with van der Waals surface area (Å²) in [4.78, 5) is 18.8. The van der Waals surface area contributed by atoms with Crippen LogP contribution in [0.1, 0.15) is 12.0 Å². The Balaban J connectivity index is 1.92. The van der Waals surface area contributed by atoms with E-state index >= 15 is 0 Å². The molecule has 1 aromatic heterocycles. The molecule has 1 aromatic rings. The van der Waals surface area contributed by atoms with Crippen LogP contribution in [0.25, 0.3) is 0 Å². The second-order valence-electron chi connectivity index (χ2n) is 5.78. The lowest BCUT2D eigenvalue weighted by Gasteiger charge is -2.36. The average Bonchev–Trinajstić information content (AvgIpc) is 2.94. The Labute approximate surface area is 134 Å². The van der Waals surface area contributed by atoms with Crippen LogP contribution in [0.15, 0.2) is 12.3 Å². The molecule has 0 saturated carbocycles. The molecule has 3 heterocycles. The van der Waals surface area contributed by atoms with Gasteiger partial charge in [0, 0.05) is 38.9 Å². The Hall–Kier alpha value is -1.84. The lowest BCUT2D eigenvalue weighted by Crippen LogP contribution is -2.49. The van der Waals surface area contributed by atoms with Crippen LogP contribution in [-0.2, 0) is 9.53 Å². The Bertz CT molecular complexity index is 645. The molecule has 7 heteroatoms. The van der Waals surface area contributed by atoms with Gasteiger partial charge in [-0.25, -0.2) is 4.98 Å². The summed E-state index contributed by atoms with van der Waals surface area (Å²) in [6.07, 6.45) is 2.20. The topological polar surface area (TPSA) is 78.2 Å². The molecule has 2 fully saturated rings. The normalized spacial score (nSPS) is 27.1. The minimum atomic E-state index is -0.452. The van der Waals surface area contributed by atoms with Gasteiger partial charge in [0.1, 0.15) is 11.9 Å². The zero-order valence-corrected chi connectivity index (χ0v) is 13.1. The van der Waals surface area contributed by atoms with E-state index < -0.39 is 5.41 Å². The van der Waals surface area contributed by atoms with Gasteiger partial charge in [-0.15, -0.1) is 0 Å². The van der Waals surface area contributed by atoms with Gasteiger partial charge < -0.3 is 15.0 Å². The van der Waals surface area contributed by atoms with Crippen molar-refractivity contribution in [3.8, 4) is 6.07 Å². The second-order valence-corrected chi connectivity index (χ2v) is 6.19.